The Kier molecular flexibility index (Phi) is 5.43. The van der Waals surface area contributed by atoms with E-state index < -0.39 is 0 Å². The standard InChI is InChI=1S/C17H10BrCl2NO3S/c18-12-5-10(6-13(20)15(12)22)7-14-16(23)21(17(24)25-14)8-9-1-3-11(19)4-2-9/h1-7,22H,8H2/b14-7+. The minimum absolute atomic E-state index is 0.0744. The number of imide groups is 1. The molecule has 0 saturated carbocycles. The summed E-state index contributed by atoms with van der Waals surface area (Å²) in [5.74, 6) is -0.445. The van der Waals surface area contributed by atoms with Crippen LogP contribution in [0, 0.1) is 0 Å². The van der Waals surface area contributed by atoms with Crippen LogP contribution in [0.2, 0.25) is 10.0 Å². The lowest BCUT2D eigenvalue weighted by Gasteiger charge is -2.12. The predicted molar refractivity (Wildman–Crippen MR) is 104 cm³/mol. The van der Waals surface area contributed by atoms with Gasteiger partial charge in [0.2, 0.25) is 0 Å². The SMILES string of the molecule is O=C1S/C(=C/c2cc(Cl)c(O)c(Br)c2)C(=O)N1Cc1ccc(Cl)cc1. The quantitative estimate of drug-likeness (QED) is 0.599. The molecule has 0 atom stereocenters. The molecule has 0 bridgehead atoms. The Bertz CT molecular complexity index is 876. The molecule has 2 aromatic carbocycles. The molecule has 128 valence electrons. The number of carbonyl (C=O) groups is 2. The summed E-state index contributed by atoms with van der Waals surface area (Å²) in [7, 11) is 0. The molecular weight excluding hydrogens is 449 g/mol. The number of nitrogens with zero attached hydrogens (tertiary/aromatic N) is 1. The molecule has 0 radical (unpaired) electrons. The maximum Gasteiger partial charge on any atom is 0.293 e. The molecule has 1 aliphatic rings. The number of thioether (sulfide) groups is 1. The highest BCUT2D eigenvalue weighted by molar-refractivity contribution is 9.10. The van der Waals surface area contributed by atoms with Crippen molar-refractivity contribution in [3.05, 3.63) is 66.9 Å². The van der Waals surface area contributed by atoms with Crippen molar-refractivity contribution in [2.24, 2.45) is 0 Å². The number of aromatic hydroxyl groups is 1. The van der Waals surface area contributed by atoms with Gasteiger partial charge in [0, 0.05) is 5.02 Å². The van der Waals surface area contributed by atoms with Gasteiger partial charge in [-0.25, -0.2) is 0 Å². The molecule has 1 heterocycles. The molecule has 4 nitrogen and oxygen atoms in total. The number of phenolic OH excluding ortho intramolecular Hbond substituents is 1. The Labute approximate surface area is 166 Å². The van der Waals surface area contributed by atoms with Crippen LogP contribution in [0.1, 0.15) is 11.1 Å². The molecular formula is C17H10BrCl2NO3S. The Morgan fingerprint density at radius 2 is 1.84 bits per heavy atom. The van der Waals surface area contributed by atoms with E-state index in [9.17, 15) is 14.7 Å². The van der Waals surface area contributed by atoms with Crippen molar-refractivity contribution in [2.75, 3.05) is 0 Å². The number of hydrogen-bond donors (Lipinski definition) is 1. The second-order valence-corrected chi connectivity index (χ2v) is 7.92. The summed E-state index contributed by atoms with van der Waals surface area (Å²) in [4.78, 5) is 26.2. The highest BCUT2D eigenvalue weighted by Crippen LogP contribution is 2.37. The van der Waals surface area contributed by atoms with Crippen LogP contribution in [0.15, 0.2) is 45.8 Å². The zero-order chi connectivity index (χ0) is 18.1. The highest BCUT2D eigenvalue weighted by Gasteiger charge is 2.35. The van der Waals surface area contributed by atoms with Crippen molar-refractivity contribution in [1.29, 1.82) is 0 Å². The summed E-state index contributed by atoms with van der Waals surface area (Å²) in [5, 5.41) is 10.1. The molecule has 25 heavy (non-hydrogen) atoms. The molecule has 1 saturated heterocycles. The van der Waals surface area contributed by atoms with Crippen molar-refractivity contribution >= 4 is 68.1 Å². The summed E-state index contributed by atoms with van der Waals surface area (Å²) in [6, 6.07) is 10.1. The van der Waals surface area contributed by atoms with Crippen LogP contribution >= 0.6 is 50.9 Å². The Morgan fingerprint density at radius 1 is 1.16 bits per heavy atom. The van der Waals surface area contributed by atoms with Gasteiger partial charge in [-0.3, -0.25) is 14.5 Å². The van der Waals surface area contributed by atoms with Gasteiger partial charge in [0.1, 0.15) is 5.75 Å². The van der Waals surface area contributed by atoms with Gasteiger partial charge in [-0.15, -0.1) is 0 Å². The summed E-state index contributed by atoms with van der Waals surface area (Å²) in [6.45, 7) is 0.180. The van der Waals surface area contributed by atoms with Gasteiger partial charge >= 0.3 is 0 Å². The van der Waals surface area contributed by atoms with E-state index in [1.165, 1.54) is 11.0 Å². The van der Waals surface area contributed by atoms with Crippen molar-refractivity contribution in [1.82, 2.24) is 4.90 Å². The first-order valence-corrected chi connectivity index (χ1v) is 9.39. The zero-order valence-electron chi connectivity index (χ0n) is 12.5. The topological polar surface area (TPSA) is 57.6 Å². The van der Waals surface area contributed by atoms with E-state index in [4.69, 9.17) is 23.2 Å². The molecule has 1 fully saturated rings. The number of carbonyl (C=O) groups excluding carboxylic acids is 2. The molecule has 1 aliphatic heterocycles. The van der Waals surface area contributed by atoms with E-state index in [-0.39, 0.29) is 28.5 Å². The summed E-state index contributed by atoms with van der Waals surface area (Å²) in [6.07, 6.45) is 1.57. The zero-order valence-corrected chi connectivity index (χ0v) is 16.4. The molecule has 0 spiro atoms. The first-order chi connectivity index (χ1) is 11.8. The molecule has 8 heteroatoms. The summed E-state index contributed by atoms with van der Waals surface area (Å²) in [5.41, 5.74) is 1.41. The van der Waals surface area contributed by atoms with Crippen LogP contribution in [-0.4, -0.2) is 21.2 Å². The number of rotatable bonds is 3. The van der Waals surface area contributed by atoms with E-state index >= 15 is 0 Å². The largest absolute Gasteiger partial charge is 0.505 e. The minimum Gasteiger partial charge on any atom is -0.505 e. The van der Waals surface area contributed by atoms with Crippen LogP contribution in [0.5, 0.6) is 5.75 Å². The van der Waals surface area contributed by atoms with Crippen molar-refractivity contribution < 1.29 is 14.7 Å². The van der Waals surface area contributed by atoms with Gasteiger partial charge < -0.3 is 5.11 Å². The molecule has 2 aromatic rings. The summed E-state index contributed by atoms with van der Waals surface area (Å²) < 4.78 is 0.409. The first kappa shape index (κ1) is 18.3. The average molecular weight is 459 g/mol. The van der Waals surface area contributed by atoms with Gasteiger partial charge in [-0.1, -0.05) is 35.3 Å². The minimum atomic E-state index is -0.370. The number of amides is 2. The number of hydrogen-bond acceptors (Lipinski definition) is 4. The van der Waals surface area contributed by atoms with Crippen molar-refractivity contribution in [3.63, 3.8) is 0 Å². The second-order valence-electron chi connectivity index (χ2n) is 5.23. The molecule has 0 aromatic heterocycles. The fraction of sp³-hybridized carbons (Fsp3) is 0.0588. The summed E-state index contributed by atoms with van der Waals surface area (Å²) >= 11 is 15.8. The van der Waals surface area contributed by atoms with E-state index in [2.05, 4.69) is 15.9 Å². The van der Waals surface area contributed by atoms with Crippen LogP contribution in [-0.2, 0) is 11.3 Å². The van der Waals surface area contributed by atoms with Gasteiger partial charge in [0.25, 0.3) is 11.1 Å². The first-order valence-electron chi connectivity index (χ1n) is 7.03. The molecule has 0 aliphatic carbocycles. The average Bonchev–Trinajstić information content (AvgIpc) is 2.82. The Hall–Kier alpha value is -1.47. The fourth-order valence-corrected chi connectivity index (χ4v) is 4.01. The molecule has 2 amide bonds. The lowest BCUT2D eigenvalue weighted by Crippen LogP contribution is -2.27. The maximum absolute atomic E-state index is 12.5. The monoisotopic (exact) mass is 457 g/mol. The van der Waals surface area contributed by atoms with E-state index in [0.717, 1.165) is 17.3 Å². The van der Waals surface area contributed by atoms with Gasteiger partial charge in [-0.05, 0) is 69.2 Å². The van der Waals surface area contributed by atoms with Crippen molar-refractivity contribution in [3.8, 4) is 5.75 Å². The van der Waals surface area contributed by atoms with Crippen LogP contribution in [0.3, 0.4) is 0 Å². The van der Waals surface area contributed by atoms with Gasteiger partial charge in [-0.2, -0.15) is 0 Å². The van der Waals surface area contributed by atoms with Crippen LogP contribution < -0.4 is 0 Å². The van der Waals surface area contributed by atoms with E-state index in [1.54, 1.807) is 36.4 Å². The Balaban J connectivity index is 1.84. The molecule has 0 unspecified atom stereocenters. The van der Waals surface area contributed by atoms with Gasteiger partial charge in [0.15, 0.2) is 0 Å². The third-order valence-corrected chi connectivity index (χ3v) is 5.52. The van der Waals surface area contributed by atoms with E-state index in [1.807, 2.05) is 0 Å². The molecule has 1 N–H and O–H groups in total. The van der Waals surface area contributed by atoms with Crippen LogP contribution in [0.4, 0.5) is 4.79 Å². The van der Waals surface area contributed by atoms with Gasteiger partial charge in [0.05, 0.1) is 20.9 Å². The number of halogens is 3. The second kappa shape index (κ2) is 7.41. The normalized spacial score (nSPS) is 16.1. The Morgan fingerprint density at radius 3 is 2.48 bits per heavy atom. The fourth-order valence-electron chi connectivity index (χ4n) is 2.23. The van der Waals surface area contributed by atoms with E-state index in [0.29, 0.717) is 20.0 Å². The van der Waals surface area contributed by atoms with Crippen molar-refractivity contribution in [2.45, 2.75) is 6.54 Å². The third kappa shape index (κ3) is 4.03. The predicted octanol–water partition coefficient (Wildman–Crippen LogP) is 5.70. The highest BCUT2D eigenvalue weighted by atomic mass is 79.9. The third-order valence-electron chi connectivity index (χ3n) is 3.46. The lowest BCUT2D eigenvalue weighted by molar-refractivity contribution is -0.123. The number of phenols is 1. The lowest BCUT2D eigenvalue weighted by atomic mass is 10.2. The van der Waals surface area contributed by atoms with Crippen LogP contribution in [0.25, 0.3) is 6.08 Å². The smallest absolute Gasteiger partial charge is 0.293 e. The number of benzene rings is 2. The molecule has 3 rings (SSSR count). The maximum atomic E-state index is 12.5.